The molecule has 0 spiro atoms. The topological polar surface area (TPSA) is 121 Å². The van der Waals surface area contributed by atoms with Crippen molar-refractivity contribution in [2.75, 3.05) is 7.05 Å². The lowest BCUT2D eigenvalue weighted by Crippen LogP contribution is -2.33. The van der Waals surface area contributed by atoms with Gasteiger partial charge < -0.3 is 5.73 Å². The number of carbonyl (C=O) groups is 2. The van der Waals surface area contributed by atoms with Gasteiger partial charge in [0.05, 0.1) is 16.5 Å². The van der Waals surface area contributed by atoms with Crippen molar-refractivity contribution in [1.82, 2.24) is 4.31 Å². The Morgan fingerprint density at radius 1 is 1.25 bits per heavy atom. The minimum Gasteiger partial charge on any atom is -0.370 e. The molecule has 0 heterocycles. The second kappa shape index (κ2) is 6.16. The minimum absolute atomic E-state index is 0.105. The summed E-state index contributed by atoms with van der Waals surface area (Å²) in [6.45, 7) is 0. The maximum Gasteiger partial charge on any atom is 0.266 e. The van der Waals surface area contributed by atoms with Crippen LogP contribution in [0.25, 0.3) is 0 Å². The van der Waals surface area contributed by atoms with Gasteiger partial charge in [0.2, 0.25) is 11.8 Å². The summed E-state index contributed by atoms with van der Waals surface area (Å²) in [6.07, 6.45) is -0.493. The number of amides is 2. The summed E-state index contributed by atoms with van der Waals surface area (Å²) < 4.78 is 24.8. The van der Waals surface area contributed by atoms with Gasteiger partial charge in [-0.25, -0.2) is 12.7 Å². The van der Waals surface area contributed by atoms with Crippen molar-refractivity contribution in [1.29, 1.82) is 5.26 Å². The Morgan fingerprint density at radius 3 is 2.25 bits per heavy atom. The predicted octanol–water partition coefficient (Wildman–Crippen LogP) is -0.0291. The van der Waals surface area contributed by atoms with Crippen molar-refractivity contribution in [2.45, 2.75) is 17.7 Å². The largest absolute Gasteiger partial charge is 0.370 e. The lowest BCUT2D eigenvalue weighted by Gasteiger charge is -2.17. The van der Waals surface area contributed by atoms with E-state index in [1.807, 2.05) is 6.07 Å². The predicted molar refractivity (Wildman–Crippen MR) is 69.5 cm³/mol. The van der Waals surface area contributed by atoms with Gasteiger partial charge in [0.15, 0.2) is 0 Å². The molecule has 0 aliphatic carbocycles. The monoisotopic (exact) mass is 295 g/mol. The molecule has 0 bridgehead atoms. The lowest BCUT2D eigenvalue weighted by atomic mass is 10.2. The van der Waals surface area contributed by atoms with Gasteiger partial charge in [0.25, 0.3) is 10.0 Å². The van der Waals surface area contributed by atoms with Crippen molar-refractivity contribution >= 4 is 21.8 Å². The highest BCUT2D eigenvalue weighted by Crippen LogP contribution is 2.16. The van der Waals surface area contributed by atoms with Crippen molar-refractivity contribution in [3.63, 3.8) is 0 Å². The highest BCUT2D eigenvalue weighted by atomic mass is 32.2. The molecule has 8 heteroatoms. The average Bonchev–Trinajstić information content (AvgIpc) is 2.43. The molecule has 0 aliphatic rings. The van der Waals surface area contributed by atoms with Crippen molar-refractivity contribution in [2.24, 2.45) is 5.73 Å². The number of nitrogens with zero attached hydrogens (tertiary/aromatic N) is 2. The number of nitriles is 1. The van der Waals surface area contributed by atoms with Gasteiger partial charge >= 0.3 is 0 Å². The van der Waals surface area contributed by atoms with Crippen LogP contribution < -0.4 is 5.73 Å². The van der Waals surface area contributed by atoms with Crippen LogP contribution in [0.1, 0.15) is 18.4 Å². The van der Waals surface area contributed by atoms with E-state index >= 15 is 0 Å². The first-order chi connectivity index (χ1) is 9.28. The first kappa shape index (κ1) is 15.7. The van der Waals surface area contributed by atoms with Gasteiger partial charge in [-0.2, -0.15) is 5.26 Å². The Balaban J connectivity index is 2.94. The van der Waals surface area contributed by atoms with E-state index < -0.39 is 21.8 Å². The van der Waals surface area contributed by atoms with Crippen LogP contribution in [0.5, 0.6) is 0 Å². The molecule has 2 N–H and O–H groups in total. The van der Waals surface area contributed by atoms with Crippen LogP contribution >= 0.6 is 0 Å². The zero-order chi connectivity index (χ0) is 15.3. The molecule has 0 saturated heterocycles. The first-order valence-corrected chi connectivity index (χ1v) is 7.03. The molecular weight excluding hydrogens is 282 g/mol. The highest BCUT2D eigenvalue weighted by molar-refractivity contribution is 7.89. The standard InChI is InChI=1S/C12H13N3O4S/c1-15(12(17)7-6-11(14)16)20(18,19)10-4-2-9(8-13)3-5-10/h2-5H,6-7H2,1H3,(H2,14,16). The minimum atomic E-state index is -3.99. The van der Waals surface area contributed by atoms with Gasteiger partial charge in [-0.3, -0.25) is 9.59 Å². The average molecular weight is 295 g/mol. The lowest BCUT2D eigenvalue weighted by molar-refractivity contribution is -0.128. The second-order valence-corrected chi connectivity index (χ2v) is 5.94. The summed E-state index contributed by atoms with van der Waals surface area (Å²) in [5.41, 5.74) is 5.22. The molecule has 0 aromatic heterocycles. The third kappa shape index (κ3) is 3.55. The molecule has 0 saturated carbocycles. The number of hydrogen-bond acceptors (Lipinski definition) is 5. The molecule has 1 aromatic carbocycles. The van der Waals surface area contributed by atoms with Crippen LogP contribution in [0.4, 0.5) is 0 Å². The van der Waals surface area contributed by atoms with Gasteiger partial charge in [-0.1, -0.05) is 0 Å². The molecular formula is C12H13N3O4S. The van der Waals surface area contributed by atoms with Crippen LogP contribution in [0.2, 0.25) is 0 Å². The van der Waals surface area contributed by atoms with Gasteiger partial charge in [0.1, 0.15) is 0 Å². The zero-order valence-electron chi connectivity index (χ0n) is 10.7. The van der Waals surface area contributed by atoms with E-state index in [9.17, 15) is 18.0 Å². The van der Waals surface area contributed by atoms with Gasteiger partial charge in [-0.15, -0.1) is 0 Å². The number of hydrogen-bond donors (Lipinski definition) is 1. The SMILES string of the molecule is CN(C(=O)CCC(N)=O)S(=O)(=O)c1ccc(C#N)cc1. The summed E-state index contributed by atoms with van der Waals surface area (Å²) in [5.74, 6) is -1.41. The van der Waals surface area contributed by atoms with Gasteiger partial charge in [-0.05, 0) is 24.3 Å². The van der Waals surface area contributed by atoms with E-state index in [-0.39, 0.29) is 17.7 Å². The Kier molecular flexibility index (Phi) is 4.83. The van der Waals surface area contributed by atoms with Crippen molar-refractivity contribution in [3.8, 4) is 6.07 Å². The van der Waals surface area contributed by atoms with E-state index in [4.69, 9.17) is 11.0 Å². The summed E-state index contributed by atoms with van der Waals surface area (Å²) in [7, 11) is -2.88. The molecule has 2 amide bonds. The molecule has 106 valence electrons. The molecule has 0 aliphatic heterocycles. The summed E-state index contributed by atoms with van der Waals surface area (Å²) in [6, 6.07) is 7.03. The van der Waals surface area contributed by atoms with Crippen LogP contribution in [0, 0.1) is 11.3 Å². The number of rotatable bonds is 5. The van der Waals surface area contributed by atoms with Crippen LogP contribution in [0.15, 0.2) is 29.2 Å². The molecule has 7 nitrogen and oxygen atoms in total. The second-order valence-electron chi connectivity index (χ2n) is 3.97. The number of benzene rings is 1. The molecule has 0 radical (unpaired) electrons. The Labute approximate surface area is 116 Å². The molecule has 20 heavy (non-hydrogen) atoms. The fourth-order valence-corrected chi connectivity index (χ4v) is 2.54. The third-order valence-electron chi connectivity index (χ3n) is 2.58. The van der Waals surface area contributed by atoms with E-state index in [0.717, 1.165) is 7.05 Å². The third-order valence-corrected chi connectivity index (χ3v) is 4.37. The first-order valence-electron chi connectivity index (χ1n) is 5.59. The fourth-order valence-electron chi connectivity index (χ4n) is 1.38. The van der Waals surface area contributed by atoms with E-state index in [2.05, 4.69) is 0 Å². The maximum absolute atomic E-state index is 12.1. The Hall–Kier alpha value is -2.40. The van der Waals surface area contributed by atoms with E-state index in [1.165, 1.54) is 24.3 Å². The molecule has 0 fully saturated rings. The summed E-state index contributed by atoms with van der Waals surface area (Å²) in [5, 5.41) is 8.64. The van der Waals surface area contributed by atoms with E-state index in [0.29, 0.717) is 9.87 Å². The zero-order valence-corrected chi connectivity index (χ0v) is 11.6. The van der Waals surface area contributed by atoms with E-state index in [1.54, 1.807) is 0 Å². The smallest absolute Gasteiger partial charge is 0.266 e. The highest BCUT2D eigenvalue weighted by Gasteiger charge is 2.25. The van der Waals surface area contributed by atoms with Crippen LogP contribution in [-0.4, -0.2) is 31.6 Å². The van der Waals surface area contributed by atoms with Crippen LogP contribution in [0.3, 0.4) is 0 Å². The maximum atomic E-state index is 12.1. The Morgan fingerprint density at radius 2 is 1.80 bits per heavy atom. The van der Waals surface area contributed by atoms with Crippen molar-refractivity contribution in [3.05, 3.63) is 29.8 Å². The number of carbonyl (C=O) groups excluding carboxylic acids is 2. The van der Waals surface area contributed by atoms with Gasteiger partial charge in [0, 0.05) is 19.9 Å². The number of sulfonamides is 1. The Bertz CT molecular complexity index is 659. The quantitative estimate of drug-likeness (QED) is 0.817. The number of primary amides is 1. The molecule has 1 rings (SSSR count). The normalized spacial score (nSPS) is 10.6. The molecule has 0 unspecified atom stereocenters. The van der Waals surface area contributed by atoms with Crippen LogP contribution in [-0.2, 0) is 19.6 Å². The van der Waals surface area contributed by atoms with Crippen molar-refractivity contribution < 1.29 is 18.0 Å². The molecule has 0 atom stereocenters. The molecule has 1 aromatic rings. The summed E-state index contributed by atoms with van der Waals surface area (Å²) in [4.78, 5) is 22.2. The fraction of sp³-hybridized carbons (Fsp3) is 0.250. The summed E-state index contributed by atoms with van der Waals surface area (Å²) >= 11 is 0. The number of nitrogens with two attached hydrogens (primary N) is 1.